The van der Waals surface area contributed by atoms with Gasteiger partial charge in [-0.05, 0) is 20.3 Å². The molecule has 0 unspecified atom stereocenters. The number of amides is 1. The fraction of sp³-hybridized carbons (Fsp3) is 0.538. The van der Waals surface area contributed by atoms with E-state index in [1.165, 1.54) is 0 Å². The number of likely N-dealkylation sites (tertiary alicyclic amines) is 1. The van der Waals surface area contributed by atoms with Crippen LogP contribution in [0.1, 0.15) is 23.3 Å². The van der Waals surface area contributed by atoms with E-state index in [0.717, 1.165) is 5.56 Å². The van der Waals surface area contributed by atoms with Crippen molar-refractivity contribution in [2.75, 3.05) is 25.0 Å². The van der Waals surface area contributed by atoms with Crippen LogP contribution >= 0.6 is 0 Å². The number of carbonyl (C=O) groups excluding carboxylic acids is 1. The molecule has 1 fully saturated rings. The van der Waals surface area contributed by atoms with E-state index in [2.05, 4.69) is 5.32 Å². The van der Waals surface area contributed by atoms with Gasteiger partial charge in [-0.15, -0.1) is 0 Å². The lowest BCUT2D eigenvalue weighted by molar-refractivity contribution is -0.117. The van der Waals surface area contributed by atoms with Crippen LogP contribution < -0.4 is 5.32 Å². The second-order valence-electron chi connectivity index (χ2n) is 4.82. The molecule has 1 amide bonds. The predicted octanol–water partition coefficient (Wildman–Crippen LogP) is 0.773. The van der Waals surface area contributed by atoms with Crippen molar-refractivity contribution in [3.05, 3.63) is 16.9 Å². The minimum Gasteiger partial charge on any atom is -0.444 e. The first-order valence-corrected chi connectivity index (χ1v) is 6.21. The second-order valence-corrected chi connectivity index (χ2v) is 4.82. The third-order valence-electron chi connectivity index (χ3n) is 3.36. The maximum absolute atomic E-state index is 11.9. The highest BCUT2D eigenvalue weighted by atomic mass is 16.4. The molecule has 0 aromatic carbocycles. The van der Waals surface area contributed by atoms with Gasteiger partial charge < -0.3 is 9.52 Å². The number of aryl methyl sites for hydroxylation is 1. The molecule has 0 bridgehead atoms. The summed E-state index contributed by atoms with van der Waals surface area (Å²) in [4.78, 5) is 13.7. The van der Waals surface area contributed by atoms with Crippen LogP contribution in [0.3, 0.4) is 0 Å². The van der Waals surface area contributed by atoms with Gasteiger partial charge in [0.2, 0.25) is 11.8 Å². The summed E-state index contributed by atoms with van der Waals surface area (Å²) in [5, 5.41) is 21.0. The number of carbonyl (C=O) groups is 1. The number of nitrogens with zero attached hydrogens (tertiary/aromatic N) is 2. The molecule has 1 aromatic heterocycles. The molecule has 2 rings (SSSR count). The highest BCUT2D eigenvalue weighted by Gasteiger charge is 2.23. The normalized spacial score (nSPS) is 19.4. The molecule has 19 heavy (non-hydrogen) atoms. The summed E-state index contributed by atoms with van der Waals surface area (Å²) in [5.74, 6) is 0.602. The van der Waals surface area contributed by atoms with Crippen molar-refractivity contribution in [2.24, 2.45) is 0 Å². The maximum Gasteiger partial charge on any atom is 0.240 e. The van der Waals surface area contributed by atoms with E-state index in [9.17, 15) is 9.90 Å². The second kappa shape index (κ2) is 5.43. The van der Waals surface area contributed by atoms with Gasteiger partial charge in [-0.1, -0.05) is 0 Å². The maximum atomic E-state index is 11.9. The van der Waals surface area contributed by atoms with Crippen LogP contribution in [0.15, 0.2) is 4.42 Å². The van der Waals surface area contributed by atoms with Crippen LogP contribution in [0.25, 0.3) is 0 Å². The first kappa shape index (κ1) is 13.6. The fourth-order valence-electron chi connectivity index (χ4n) is 2.17. The molecule has 6 heteroatoms. The van der Waals surface area contributed by atoms with Crippen LogP contribution in [0.5, 0.6) is 0 Å². The molecule has 1 atom stereocenters. The zero-order chi connectivity index (χ0) is 14.0. The van der Waals surface area contributed by atoms with Crippen molar-refractivity contribution in [1.29, 1.82) is 5.26 Å². The summed E-state index contributed by atoms with van der Waals surface area (Å²) < 4.78 is 5.37. The number of aliphatic hydroxyl groups excluding tert-OH is 1. The molecular formula is C13H17N3O3. The zero-order valence-electron chi connectivity index (χ0n) is 11.1. The van der Waals surface area contributed by atoms with E-state index in [1.54, 1.807) is 13.8 Å². The Morgan fingerprint density at radius 1 is 1.63 bits per heavy atom. The van der Waals surface area contributed by atoms with Crippen molar-refractivity contribution in [3.63, 3.8) is 0 Å². The molecule has 1 aliphatic rings. The van der Waals surface area contributed by atoms with E-state index in [0.29, 0.717) is 30.8 Å². The van der Waals surface area contributed by atoms with Gasteiger partial charge in [-0.25, -0.2) is 0 Å². The minimum atomic E-state index is -0.351. The summed E-state index contributed by atoms with van der Waals surface area (Å²) in [5.41, 5.74) is 1.11. The number of aliphatic hydroxyl groups is 1. The van der Waals surface area contributed by atoms with Gasteiger partial charge in [0.05, 0.1) is 12.6 Å². The number of nitriles is 1. The molecule has 0 radical (unpaired) electrons. The fourth-order valence-corrected chi connectivity index (χ4v) is 2.17. The molecule has 1 saturated heterocycles. The van der Waals surface area contributed by atoms with Crippen LogP contribution in [-0.2, 0) is 4.79 Å². The van der Waals surface area contributed by atoms with E-state index in [1.807, 2.05) is 11.0 Å². The lowest BCUT2D eigenvalue weighted by Crippen LogP contribution is -2.32. The van der Waals surface area contributed by atoms with Crippen LogP contribution in [0.2, 0.25) is 0 Å². The molecule has 1 aromatic rings. The Morgan fingerprint density at radius 3 is 2.95 bits per heavy atom. The summed E-state index contributed by atoms with van der Waals surface area (Å²) in [7, 11) is 0. The van der Waals surface area contributed by atoms with Crippen molar-refractivity contribution >= 4 is 11.8 Å². The molecule has 0 aliphatic carbocycles. The van der Waals surface area contributed by atoms with Crippen molar-refractivity contribution in [1.82, 2.24) is 4.90 Å². The van der Waals surface area contributed by atoms with Crippen molar-refractivity contribution < 1.29 is 14.3 Å². The lowest BCUT2D eigenvalue weighted by Gasteiger charge is -2.13. The van der Waals surface area contributed by atoms with Gasteiger partial charge in [0.1, 0.15) is 17.4 Å². The molecule has 2 N–H and O–H groups in total. The number of furan rings is 1. The number of rotatable bonds is 3. The SMILES string of the molecule is Cc1oc(NC(=O)CN2CC[C@@H](O)C2)c(C#N)c1C. The van der Waals surface area contributed by atoms with E-state index in [4.69, 9.17) is 9.68 Å². The standard InChI is InChI=1S/C13H17N3O3/c1-8-9(2)19-13(11(8)5-14)15-12(18)7-16-4-3-10(17)6-16/h10,17H,3-4,6-7H2,1-2H3,(H,15,18)/t10-/m1/s1. The number of nitrogens with one attached hydrogen (secondary N) is 1. The molecule has 1 aliphatic heterocycles. The number of hydrogen-bond donors (Lipinski definition) is 2. The van der Waals surface area contributed by atoms with Gasteiger partial charge in [-0.2, -0.15) is 5.26 Å². The van der Waals surface area contributed by atoms with Gasteiger partial charge in [0, 0.05) is 18.7 Å². The van der Waals surface area contributed by atoms with Crippen LogP contribution in [-0.4, -0.2) is 41.7 Å². The lowest BCUT2D eigenvalue weighted by atomic mass is 10.2. The van der Waals surface area contributed by atoms with Crippen LogP contribution in [0.4, 0.5) is 5.88 Å². The van der Waals surface area contributed by atoms with Gasteiger partial charge in [0.15, 0.2) is 0 Å². The minimum absolute atomic E-state index is 0.195. The highest BCUT2D eigenvalue weighted by Crippen LogP contribution is 2.25. The first-order valence-electron chi connectivity index (χ1n) is 6.21. The molecule has 0 saturated carbocycles. The molecule has 6 nitrogen and oxygen atoms in total. The largest absolute Gasteiger partial charge is 0.444 e. The molecule has 102 valence electrons. The first-order chi connectivity index (χ1) is 9.01. The van der Waals surface area contributed by atoms with Gasteiger partial charge in [-0.3, -0.25) is 15.0 Å². The Labute approximate surface area is 111 Å². The summed E-state index contributed by atoms with van der Waals surface area (Å²) in [6, 6.07) is 2.03. The average molecular weight is 263 g/mol. The Bertz CT molecular complexity index is 530. The summed E-state index contributed by atoms with van der Waals surface area (Å²) >= 11 is 0. The van der Waals surface area contributed by atoms with Gasteiger partial charge >= 0.3 is 0 Å². The Balaban J connectivity index is 2.00. The van der Waals surface area contributed by atoms with Crippen molar-refractivity contribution in [3.8, 4) is 6.07 Å². The summed E-state index contributed by atoms with van der Waals surface area (Å²) in [6.45, 7) is 4.94. The zero-order valence-corrected chi connectivity index (χ0v) is 11.1. The third-order valence-corrected chi connectivity index (χ3v) is 3.36. The monoisotopic (exact) mass is 263 g/mol. The smallest absolute Gasteiger partial charge is 0.240 e. The van der Waals surface area contributed by atoms with Crippen LogP contribution in [0, 0.1) is 25.2 Å². The summed E-state index contributed by atoms with van der Waals surface area (Å²) in [6.07, 6.45) is 0.339. The third kappa shape index (κ3) is 2.95. The Hall–Kier alpha value is -1.84. The Morgan fingerprint density at radius 2 is 2.37 bits per heavy atom. The predicted molar refractivity (Wildman–Crippen MR) is 68.6 cm³/mol. The van der Waals surface area contributed by atoms with Crippen molar-refractivity contribution in [2.45, 2.75) is 26.4 Å². The Kier molecular flexibility index (Phi) is 3.88. The average Bonchev–Trinajstić information content (AvgIpc) is 2.85. The quantitative estimate of drug-likeness (QED) is 0.841. The van der Waals surface area contributed by atoms with Gasteiger partial charge in [0.25, 0.3) is 0 Å². The topological polar surface area (TPSA) is 89.5 Å². The number of anilines is 1. The molecule has 0 spiro atoms. The number of β-amino-alcohol motifs (C(OH)–C–C–N with tert-alkyl or cyclic N) is 1. The van der Waals surface area contributed by atoms with E-state index < -0.39 is 0 Å². The van der Waals surface area contributed by atoms with E-state index >= 15 is 0 Å². The molecular weight excluding hydrogens is 246 g/mol. The molecule has 2 heterocycles. The van der Waals surface area contributed by atoms with E-state index in [-0.39, 0.29) is 24.4 Å². The highest BCUT2D eigenvalue weighted by molar-refractivity contribution is 5.92. The number of hydrogen-bond acceptors (Lipinski definition) is 5.